The lowest BCUT2D eigenvalue weighted by Gasteiger charge is -2.44. The van der Waals surface area contributed by atoms with E-state index in [0.29, 0.717) is 18.9 Å². The number of nitrogens with zero attached hydrogens (tertiary/aromatic N) is 1. The highest BCUT2D eigenvalue weighted by molar-refractivity contribution is 9.10. The molecule has 4 nitrogen and oxygen atoms in total. The molecule has 0 amide bonds. The summed E-state index contributed by atoms with van der Waals surface area (Å²) in [6.45, 7) is 3.76. The molecule has 3 aliphatic heterocycles. The van der Waals surface area contributed by atoms with Crippen LogP contribution in [0.25, 0.3) is 0 Å². The Morgan fingerprint density at radius 1 is 0.943 bits per heavy atom. The lowest BCUT2D eigenvalue weighted by atomic mass is 9.85. The minimum Gasteiger partial charge on any atom is -0.493 e. The molecule has 182 valence electrons. The maximum Gasteiger partial charge on any atom is 0.307 e. The number of piperidine rings is 3. The van der Waals surface area contributed by atoms with Crippen molar-refractivity contribution in [2.24, 2.45) is 5.92 Å². The van der Waals surface area contributed by atoms with Gasteiger partial charge in [0, 0.05) is 23.4 Å². The Morgan fingerprint density at radius 3 is 2.40 bits per heavy atom. The third-order valence-electron chi connectivity index (χ3n) is 7.28. The summed E-state index contributed by atoms with van der Waals surface area (Å²) in [5, 5.41) is 0. The van der Waals surface area contributed by atoms with Crippen molar-refractivity contribution < 1.29 is 14.3 Å². The van der Waals surface area contributed by atoms with E-state index in [2.05, 4.69) is 69.4 Å². The van der Waals surface area contributed by atoms with Gasteiger partial charge in [-0.2, -0.15) is 0 Å². The summed E-state index contributed by atoms with van der Waals surface area (Å²) in [4.78, 5) is 15.5. The lowest BCUT2D eigenvalue weighted by Crippen LogP contribution is -2.52. The van der Waals surface area contributed by atoms with Crippen LogP contribution in [0.5, 0.6) is 5.75 Å². The molecule has 3 aromatic carbocycles. The Balaban J connectivity index is 1.26. The summed E-state index contributed by atoms with van der Waals surface area (Å²) in [6.07, 6.45) is 3.48. The first-order valence-electron chi connectivity index (χ1n) is 12.6. The number of hydrogen-bond acceptors (Lipinski definition) is 4. The van der Waals surface area contributed by atoms with Gasteiger partial charge in [-0.3, -0.25) is 9.69 Å². The molecule has 3 aliphatic rings. The largest absolute Gasteiger partial charge is 0.493 e. The fourth-order valence-electron chi connectivity index (χ4n) is 5.30. The third-order valence-corrected chi connectivity index (χ3v) is 7.81. The number of benzene rings is 3. The van der Waals surface area contributed by atoms with Gasteiger partial charge in [0.25, 0.3) is 0 Å². The monoisotopic (exact) mass is 533 g/mol. The van der Waals surface area contributed by atoms with E-state index in [0.717, 1.165) is 60.2 Å². The number of esters is 1. The second kappa shape index (κ2) is 11.4. The van der Waals surface area contributed by atoms with Gasteiger partial charge in [-0.05, 0) is 72.8 Å². The van der Waals surface area contributed by atoms with Crippen molar-refractivity contribution in [1.29, 1.82) is 0 Å². The fourth-order valence-corrected chi connectivity index (χ4v) is 5.56. The smallest absolute Gasteiger partial charge is 0.307 e. The van der Waals surface area contributed by atoms with Crippen LogP contribution in [0.2, 0.25) is 0 Å². The molecule has 1 unspecified atom stereocenters. The van der Waals surface area contributed by atoms with Crippen molar-refractivity contribution in [2.45, 2.75) is 37.7 Å². The van der Waals surface area contributed by atoms with Gasteiger partial charge in [0.2, 0.25) is 0 Å². The van der Waals surface area contributed by atoms with Crippen molar-refractivity contribution in [3.05, 3.63) is 100 Å². The van der Waals surface area contributed by atoms with E-state index in [1.165, 1.54) is 5.56 Å². The maximum absolute atomic E-state index is 13.1. The van der Waals surface area contributed by atoms with Crippen LogP contribution in [-0.4, -0.2) is 43.2 Å². The van der Waals surface area contributed by atoms with Crippen LogP contribution in [0.15, 0.2) is 83.3 Å². The number of fused-ring (bicyclic) bond motifs is 3. The molecule has 0 spiro atoms. The predicted octanol–water partition coefficient (Wildman–Crippen LogP) is 6.23. The molecule has 3 saturated heterocycles. The zero-order chi connectivity index (χ0) is 24.0. The second-order valence-corrected chi connectivity index (χ2v) is 10.5. The zero-order valence-electron chi connectivity index (χ0n) is 19.9. The number of carbonyl (C=O) groups excluding carboxylic acids is 1. The van der Waals surface area contributed by atoms with Crippen LogP contribution >= 0.6 is 15.9 Å². The predicted molar refractivity (Wildman–Crippen MR) is 142 cm³/mol. The third kappa shape index (κ3) is 6.33. The van der Waals surface area contributed by atoms with Gasteiger partial charge in [-0.1, -0.05) is 70.5 Å². The number of halogens is 1. The van der Waals surface area contributed by atoms with Gasteiger partial charge in [0.15, 0.2) is 0 Å². The summed E-state index contributed by atoms with van der Waals surface area (Å²) in [5.41, 5.74) is 3.43. The molecule has 2 bridgehead atoms. The lowest BCUT2D eigenvalue weighted by molar-refractivity contribution is -0.159. The summed E-state index contributed by atoms with van der Waals surface area (Å²) in [7, 11) is 0. The number of carbonyl (C=O) groups is 1. The molecule has 5 heteroatoms. The molecule has 0 saturated carbocycles. The molecule has 0 aromatic heterocycles. The van der Waals surface area contributed by atoms with Gasteiger partial charge in [-0.15, -0.1) is 0 Å². The highest BCUT2D eigenvalue weighted by Crippen LogP contribution is 2.33. The van der Waals surface area contributed by atoms with Gasteiger partial charge in [-0.25, -0.2) is 0 Å². The van der Waals surface area contributed by atoms with Gasteiger partial charge in [0.05, 0.1) is 13.0 Å². The minimum absolute atomic E-state index is 0.0368. The van der Waals surface area contributed by atoms with E-state index in [9.17, 15) is 4.79 Å². The molecule has 0 aliphatic carbocycles. The first-order valence-corrected chi connectivity index (χ1v) is 13.4. The van der Waals surface area contributed by atoms with Crippen molar-refractivity contribution >= 4 is 21.9 Å². The number of ether oxygens (including phenoxy) is 2. The number of hydrogen-bond donors (Lipinski definition) is 0. The molecule has 0 radical (unpaired) electrons. The van der Waals surface area contributed by atoms with Gasteiger partial charge >= 0.3 is 5.97 Å². The first kappa shape index (κ1) is 24.1. The standard InChI is InChI=1S/C30H32BrNO3/c31-26-11-9-22(10-12-26)15-18-34-27-8-4-7-25(19-27)28(23-5-2-1-3-6-23)20-30(33)35-29-21-32-16-13-24(29)14-17-32/h1-12,19,24,28-29H,13-18,20-21H2/t28?,29-/m0/s1. The molecule has 3 fully saturated rings. The highest BCUT2D eigenvalue weighted by Gasteiger charge is 2.36. The quantitative estimate of drug-likeness (QED) is 0.305. The Kier molecular flexibility index (Phi) is 7.85. The second-order valence-electron chi connectivity index (χ2n) is 9.63. The summed E-state index contributed by atoms with van der Waals surface area (Å²) < 4.78 is 13.2. The Bertz CT molecular complexity index is 1110. The average molecular weight is 534 g/mol. The van der Waals surface area contributed by atoms with Crippen LogP contribution in [0.4, 0.5) is 0 Å². The summed E-state index contributed by atoms with van der Waals surface area (Å²) in [6, 6.07) is 26.7. The average Bonchev–Trinajstić information content (AvgIpc) is 2.90. The molecule has 3 heterocycles. The van der Waals surface area contributed by atoms with E-state index in [1.807, 2.05) is 30.3 Å². The Hall–Kier alpha value is -2.63. The van der Waals surface area contributed by atoms with Gasteiger partial charge in [0.1, 0.15) is 11.9 Å². The van der Waals surface area contributed by atoms with Crippen LogP contribution in [0.3, 0.4) is 0 Å². The molecule has 2 atom stereocenters. The van der Waals surface area contributed by atoms with Crippen LogP contribution < -0.4 is 4.74 Å². The van der Waals surface area contributed by atoms with E-state index >= 15 is 0 Å². The van der Waals surface area contributed by atoms with Crippen molar-refractivity contribution in [2.75, 3.05) is 26.2 Å². The Morgan fingerprint density at radius 2 is 1.69 bits per heavy atom. The van der Waals surface area contributed by atoms with E-state index in [1.54, 1.807) is 0 Å². The maximum atomic E-state index is 13.1. The van der Waals surface area contributed by atoms with Crippen LogP contribution in [0, 0.1) is 5.92 Å². The first-order chi connectivity index (χ1) is 17.1. The highest BCUT2D eigenvalue weighted by atomic mass is 79.9. The van der Waals surface area contributed by atoms with Crippen molar-refractivity contribution in [3.63, 3.8) is 0 Å². The van der Waals surface area contributed by atoms with E-state index in [-0.39, 0.29) is 18.0 Å². The normalized spacial score (nSPS) is 21.9. The minimum atomic E-state index is -0.112. The van der Waals surface area contributed by atoms with Crippen molar-refractivity contribution in [3.8, 4) is 5.75 Å². The van der Waals surface area contributed by atoms with Crippen LogP contribution in [-0.2, 0) is 16.0 Å². The molecule has 0 N–H and O–H groups in total. The SMILES string of the molecule is O=C(CC(c1ccccc1)c1cccc(OCCc2ccc(Br)cc2)c1)O[C@H]1CN2CCC1CC2. The summed E-state index contributed by atoms with van der Waals surface area (Å²) >= 11 is 3.48. The summed E-state index contributed by atoms with van der Waals surface area (Å²) in [5.74, 6) is 1.16. The molecule has 3 aromatic rings. The van der Waals surface area contributed by atoms with Crippen molar-refractivity contribution in [1.82, 2.24) is 4.90 Å². The van der Waals surface area contributed by atoms with E-state index in [4.69, 9.17) is 9.47 Å². The molecule has 35 heavy (non-hydrogen) atoms. The topological polar surface area (TPSA) is 38.8 Å². The Labute approximate surface area is 216 Å². The zero-order valence-corrected chi connectivity index (χ0v) is 21.5. The molecule has 6 rings (SSSR count). The fraction of sp³-hybridized carbons (Fsp3) is 0.367. The van der Waals surface area contributed by atoms with Crippen LogP contribution in [0.1, 0.15) is 41.9 Å². The number of rotatable bonds is 9. The van der Waals surface area contributed by atoms with Gasteiger partial charge < -0.3 is 9.47 Å². The molecular weight excluding hydrogens is 502 g/mol. The van der Waals surface area contributed by atoms with E-state index < -0.39 is 0 Å². The molecular formula is C30H32BrNO3.